The normalized spacial score (nSPS) is 42.3. The van der Waals surface area contributed by atoms with Crippen LogP contribution in [0.1, 0.15) is 45.4 Å². The summed E-state index contributed by atoms with van der Waals surface area (Å²) in [5, 5.41) is 0. The fourth-order valence-electron chi connectivity index (χ4n) is 4.03. The highest BCUT2D eigenvalue weighted by atomic mass is 16.1. The SMILES string of the molecule is C[C@]12CCCCC1=CC(=O)[C@H]1CC=CC[C@H]12. The molecule has 0 saturated heterocycles. The minimum atomic E-state index is 0.289. The quantitative estimate of drug-likeness (QED) is 0.565. The molecule has 0 spiro atoms. The van der Waals surface area contributed by atoms with E-state index in [1.165, 1.54) is 24.8 Å². The average molecular weight is 216 g/mol. The van der Waals surface area contributed by atoms with E-state index in [1.54, 1.807) is 0 Å². The summed E-state index contributed by atoms with van der Waals surface area (Å²) >= 11 is 0. The monoisotopic (exact) mass is 216 g/mol. The molecule has 3 aliphatic rings. The summed E-state index contributed by atoms with van der Waals surface area (Å²) in [7, 11) is 0. The predicted octanol–water partition coefficient (Wildman–Crippen LogP) is 3.66. The van der Waals surface area contributed by atoms with Crippen molar-refractivity contribution in [3.05, 3.63) is 23.8 Å². The summed E-state index contributed by atoms with van der Waals surface area (Å²) in [5.41, 5.74) is 1.79. The van der Waals surface area contributed by atoms with Gasteiger partial charge in [-0.2, -0.15) is 0 Å². The molecule has 3 rings (SSSR count). The first-order chi connectivity index (χ1) is 7.72. The second-order valence-corrected chi connectivity index (χ2v) is 5.85. The van der Waals surface area contributed by atoms with Crippen molar-refractivity contribution < 1.29 is 4.79 Å². The topological polar surface area (TPSA) is 17.1 Å². The molecule has 1 fully saturated rings. The van der Waals surface area contributed by atoms with Gasteiger partial charge in [-0.15, -0.1) is 0 Å². The Balaban J connectivity index is 2.04. The van der Waals surface area contributed by atoms with Gasteiger partial charge in [0.25, 0.3) is 0 Å². The highest BCUT2D eigenvalue weighted by Crippen LogP contribution is 2.54. The molecule has 0 aromatic heterocycles. The molecular formula is C15H20O. The fraction of sp³-hybridized carbons (Fsp3) is 0.667. The Morgan fingerprint density at radius 3 is 2.94 bits per heavy atom. The lowest BCUT2D eigenvalue weighted by atomic mass is 9.54. The van der Waals surface area contributed by atoms with Gasteiger partial charge in [-0.3, -0.25) is 4.79 Å². The van der Waals surface area contributed by atoms with Gasteiger partial charge >= 0.3 is 0 Å². The Bertz CT molecular complexity index is 377. The smallest absolute Gasteiger partial charge is 0.159 e. The van der Waals surface area contributed by atoms with Crippen LogP contribution in [-0.4, -0.2) is 5.78 Å². The minimum Gasteiger partial charge on any atom is -0.295 e. The van der Waals surface area contributed by atoms with Gasteiger partial charge < -0.3 is 0 Å². The van der Waals surface area contributed by atoms with Crippen molar-refractivity contribution in [3.63, 3.8) is 0 Å². The van der Waals surface area contributed by atoms with E-state index >= 15 is 0 Å². The maximum atomic E-state index is 12.1. The number of carbonyl (C=O) groups excluding carboxylic acids is 1. The Morgan fingerprint density at radius 1 is 1.25 bits per heavy atom. The van der Waals surface area contributed by atoms with E-state index < -0.39 is 0 Å². The maximum Gasteiger partial charge on any atom is 0.159 e. The van der Waals surface area contributed by atoms with Crippen LogP contribution in [0, 0.1) is 17.3 Å². The number of fused-ring (bicyclic) bond motifs is 3. The van der Waals surface area contributed by atoms with Gasteiger partial charge in [0, 0.05) is 5.92 Å². The molecule has 3 atom stereocenters. The molecule has 0 N–H and O–H groups in total. The van der Waals surface area contributed by atoms with Gasteiger partial charge in [-0.05, 0) is 49.5 Å². The number of hydrogen-bond donors (Lipinski definition) is 0. The largest absolute Gasteiger partial charge is 0.295 e. The van der Waals surface area contributed by atoms with Crippen molar-refractivity contribution in [2.24, 2.45) is 17.3 Å². The highest BCUT2D eigenvalue weighted by Gasteiger charge is 2.47. The molecular weight excluding hydrogens is 196 g/mol. The van der Waals surface area contributed by atoms with Crippen LogP contribution in [0.4, 0.5) is 0 Å². The molecule has 0 aliphatic heterocycles. The molecule has 3 aliphatic carbocycles. The first-order valence-electron chi connectivity index (χ1n) is 6.62. The van der Waals surface area contributed by atoms with E-state index in [-0.39, 0.29) is 5.92 Å². The standard InChI is InChI=1S/C15H20O/c1-15-9-5-4-6-11(15)10-14(16)12-7-2-3-8-13(12)15/h2-3,10,12-13H,4-9H2,1H3/t12-,13+,15-/m0/s1. The van der Waals surface area contributed by atoms with Crippen LogP contribution < -0.4 is 0 Å². The van der Waals surface area contributed by atoms with Crippen molar-refractivity contribution in [2.45, 2.75) is 45.4 Å². The molecule has 86 valence electrons. The molecule has 0 unspecified atom stereocenters. The van der Waals surface area contributed by atoms with E-state index in [4.69, 9.17) is 0 Å². The van der Waals surface area contributed by atoms with Crippen molar-refractivity contribution >= 4 is 5.78 Å². The van der Waals surface area contributed by atoms with Crippen LogP contribution in [0.5, 0.6) is 0 Å². The Morgan fingerprint density at radius 2 is 2.06 bits per heavy atom. The summed E-state index contributed by atoms with van der Waals surface area (Å²) in [4.78, 5) is 12.1. The second kappa shape index (κ2) is 3.58. The lowest BCUT2D eigenvalue weighted by Gasteiger charge is -2.49. The van der Waals surface area contributed by atoms with Gasteiger partial charge in [-0.1, -0.05) is 31.1 Å². The number of allylic oxidation sites excluding steroid dienone is 4. The van der Waals surface area contributed by atoms with Gasteiger partial charge in [-0.25, -0.2) is 0 Å². The average Bonchev–Trinajstić information content (AvgIpc) is 2.31. The summed E-state index contributed by atoms with van der Waals surface area (Å²) in [6.07, 6.45) is 13.7. The Labute approximate surface area is 97.6 Å². The van der Waals surface area contributed by atoms with Crippen LogP contribution >= 0.6 is 0 Å². The van der Waals surface area contributed by atoms with E-state index in [0.717, 1.165) is 19.3 Å². The summed E-state index contributed by atoms with van der Waals surface area (Å²) in [5.74, 6) is 1.28. The number of hydrogen-bond acceptors (Lipinski definition) is 1. The van der Waals surface area contributed by atoms with Crippen LogP contribution in [-0.2, 0) is 4.79 Å². The lowest BCUT2D eigenvalue weighted by Crippen LogP contribution is -2.43. The fourth-order valence-corrected chi connectivity index (χ4v) is 4.03. The summed E-state index contributed by atoms with van der Waals surface area (Å²) in [6.45, 7) is 2.40. The van der Waals surface area contributed by atoms with Gasteiger partial charge in [0.15, 0.2) is 5.78 Å². The number of carbonyl (C=O) groups is 1. The number of ketones is 1. The first kappa shape index (κ1) is 10.3. The van der Waals surface area contributed by atoms with Crippen LogP contribution in [0.2, 0.25) is 0 Å². The molecule has 0 bridgehead atoms. The van der Waals surface area contributed by atoms with E-state index in [1.807, 2.05) is 6.08 Å². The molecule has 1 nitrogen and oxygen atoms in total. The van der Waals surface area contributed by atoms with E-state index in [0.29, 0.717) is 17.1 Å². The van der Waals surface area contributed by atoms with Gasteiger partial charge in [0.2, 0.25) is 0 Å². The third-order valence-electron chi connectivity index (χ3n) is 5.06. The lowest BCUT2D eigenvalue weighted by molar-refractivity contribution is -0.123. The van der Waals surface area contributed by atoms with Gasteiger partial charge in [0.05, 0.1) is 0 Å². The van der Waals surface area contributed by atoms with Gasteiger partial charge in [0.1, 0.15) is 0 Å². The van der Waals surface area contributed by atoms with Crippen molar-refractivity contribution in [1.29, 1.82) is 0 Å². The molecule has 0 aromatic rings. The second-order valence-electron chi connectivity index (χ2n) is 5.85. The zero-order valence-electron chi connectivity index (χ0n) is 10.0. The molecule has 16 heavy (non-hydrogen) atoms. The van der Waals surface area contributed by atoms with Crippen LogP contribution in [0.25, 0.3) is 0 Å². The van der Waals surface area contributed by atoms with Crippen molar-refractivity contribution in [2.75, 3.05) is 0 Å². The third kappa shape index (κ3) is 1.33. The summed E-state index contributed by atoms with van der Waals surface area (Å²) in [6, 6.07) is 0. The molecule has 1 saturated carbocycles. The Hall–Kier alpha value is -0.850. The Kier molecular flexibility index (Phi) is 2.31. The highest BCUT2D eigenvalue weighted by molar-refractivity contribution is 5.94. The van der Waals surface area contributed by atoms with Crippen molar-refractivity contribution in [3.8, 4) is 0 Å². The number of rotatable bonds is 0. The molecule has 0 heterocycles. The maximum absolute atomic E-state index is 12.1. The molecule has 1 heteroatoms. The molecule has 0 radical (unpaired) electrons. The summed E-state index contributed by atoms with van der Waals surface area (Å²) < 4.78 is 0. The van der Waals surface area contributed by atoms with Crippen molar-refractivity contribution in [1.82, 2.24) is 0 Å². The zero-order chi connectivity index (χ0) is 11.2. The minimum absolute atomic E-state index is 0.289. The van der Waals surface area contributed by atoms with E-state index in [9.17, 15) is 4.79 Å². The van der Waals surface area contributed by atoms with Crippen LogP contribution in [0.3, 0.4) is 0 Å². The molecule has 0 amide bonds. The van der Waals surface area contributed by atoms with E-state index in [2.05, 4.69) is 19.1 Å². The molecule has 0 aromatic carbocycles. The third-order valence-corrected chi connectivity index (χ3v) is 5.06. The zero-order valence-corrected chi connectivity index (χ0v) is 10.0. The van der Waals surface area contributed by atoms with Crippen LogP contribution in [0.15, 0.2) is 23.8 Å². The predicted molar refractivity (Wildman–Crippen MR) is 65.0 cm³/mol. The first-order valence-corrected chi connectivity index (χ1v) is 6.62.